The highest BCUT2D eigenvalue weighted by Crippen LogP contribution is 2.35. The summed E-state index contributed by atoms with van der Waals surface area (Å²) in [5.74, 6) is -0.311. The first-order chi connectivity index (χ1) is 16.0. The predicted molar refractivity (Wildman–Crippen MR) is 131 cm³/mol. The number of benzene rings is 3. The molecule has 4 heteroatoms. The minimum atomic E-state index is -1.25. The van der Waals surface area contributed by atoms with Crippen molar-refractivity contribution in [3.8, 4) is 0 Å². The van der Waals surface area contributed by atoms with Gasteiger partial charge in [0, 0.05) is 6.54 Å². The molecule has 0 aliphatic rings. The van der Waals surface area contributed by atoms with Crippen molar-refractivity contribution in [3.63, 3.8) is 0 Å². The fourth-order valence-corrected chi connectivity index (χ4v) is 4.64. The molecule has 0 spiro atoms. The second kappa shape index (κ2) is 10.1. The van der Waals surface area contributed by atoms with Gasteiger partial charge in [-0.1, -0.05) is 60.7 Å². The van der Waals surface area contributed by atoms with Crippen LogP contribution < -0.4 is 0 Å². The molecule has 1 unspecified atom stereocenters. The molecular weight excluding hydrogens is 411 g/mol. The molecule has 3 aromatic carbocycles. The molecule has 0 aliphatic heterocycles. The lowest BCUT2D eigenvalue weighted by atomic mass is 9.84. The summed E-state index contributed by atoms with van der Waals surface area (Å²) >= 11 is 0. The number of hydrogen-bond acceptors (Lipinski definition) is 2. The Bertz CT molecular complexity index is 1160. The van der Waals surface area contributed by atoms with E-state index in [9.17, 15) is 9.50 Å². The molecule has 0 aliphatic carbocycles. The van der Waals surface area contributed by atoms with Gasteiger partial charge in [-0.05, 0) is 79.5 Å². The van der Waals surface area contributed by atoms with E-state index in [1.54, 1.807) is 24.7 Å². The van der Waals surface area contributed by atoms with Crippen LogP contribution in [0.5, 0.6) is 0 Å². The number of halogens is 1. The molecule has 0 bridgehead atoms. The molecule has 0 fully saturated rings. The van der Waals surface area contributed by atoms with E-state index in [-0.39, 0.29) is 5.82 Å². The van der Waals surface area contributed by atoms with Gasteiger partial charge in [0.2, 0.25) is 0 Å². The van der Waals surface area contributed by atoms with Crippen LogP contribution in [0.2, 0.25) is 0 Å². The Morgan fingerprint density at radius 1 is 0.879 bits per heavy atom. The number of aliphatic hydroxyl groups is 1. The van der Waals surface area contributed by atoms with E-state index in [2.05, 4.69) is 49.2 Å². The lowest BCUT2D eigenvalue weighted by Crippen LogP contribution is -2.30. The van der Waals surface area contributed by atoms with Crippen LogP contribution in [-0.4, -0.2) is 14.7 Å². The topological polar surface area (TPSA) is 38.1 Å². The number of nitrogens with zero attached hydrogens (tertiary/aromatic N) is 2. The lowest BCUT2D eigenvalue weighted by molar-refractivity contribution is 0.0600. The second-order valence-corrected chi connectivity index (χ2v) is 8.84. The van der Waals surface area contributed by atoms with Gasteiger partial charge in [-0.15, -0.1) is 0 Å². The van der Waals surface area contributed by atoms with Gasteiger partial charge < -0.3 is 9.67 Å². The third kappa shape index (κ3) is 5.23. The minimum absolute atomic E-state index is 0.311. The largest absolute Gasteiger partial charge is 0.379 e. The zero-order chi connectivity index (χ0) is 23.3. The Labute approximate surface area is 195 Å². The first-order valence-electron chi connectivity index (χ1n) is 11.6. The maximum Gasteiger partial charge on any atom is 0.131 e. The van der Waals surface area contributed by atoms with Gasteiger partial charge in [0.25, 0.3) is 0 Å². The third-order valence-electron chi connectivity index (χ3n) is 6.51. The lowest BCUT2D eigenvalue weighted by Gasteiger charge is -2.30. The van der Waals surface area contributed by atoms with Crippen LogP contribution in [0, 0.1) is 19.7 Å². The van der Waals surface area contributed by atoms with Gasteiger partial charge in [-0.25, -0.2) is 9.37 Å². The molecular formula is C29H31FN2O. The molecule has 170 valence electrons. The van der Waals surface area contributed by atoms with Gasteiger partial charge in [-0.2, -0.15) is 0 Å². The standard InChI is InChI=1S/C29H31FN2O/c1-22-9-8-10-23(2)27(22)13-6-7-18-29(33,25-14-16-26(30)17-15-25)28-19-31-21-32(28)20-24-11-4-3-5-12-24/h3-5,8-12,14-17,19,21,33H,6-7,13,18,20H2,1-2H3. The summed E-state index contributed by atoms with van der Waals surface area (Å²) in [6.07, 6.45) is 6.79. The van der Waals surface area contributed by atoms with Gasteiger partial charge in [0.05, 0.1) is 18.2 Å². The minimum Gasteiger partial charge on any atom is -0.379 e. The number of imidazole rings is 1. The van der Waals surface area contributed by atoms with Crippen molar-refractivity contribution in [2.75, 3.05) is 0 Å². The molecule has 33 heavy (non-hydrogen) atoms. The number of aryl methyl sites for hydroxylation is 2. The van der Waals surface area contributed by atoms with E-state index in [4.69, 9.17) is 0 Å². The van der Waals surface area contributed by atoms with Gasteiger partial charge in [0.1, 0.15) is 11.4 Å². The summed E-state index contributed by atoms with van der Waals surface area (Å²) in [6, 6.07) is 22.7. The van der Waals surface area contributed by atoms with E-state index < -0.39 is 5.60 Å². The van der Waals surface area contributed by atoms with Crippen LogP contribution in [0.1, 0.15) is 52.8 Å². The first-order valence-corrected chi connectivity index (χ1v) is 11.6. The van der Waals surface area contributed by atoms with Gasteiger partial charge in [0.15, 0.2) is 0 Å². The van der Waals surface area contributed by atoms with Crippen molar-refractivity contribution in [2.24, 2.45) is 0 Å². The molecule has 0 radical (unpaired) electrons. The Kier molecular flexibility index (Phi) is 7.05. The van der Waals surface area contributed by atoms with Crippen LogP contribution >= 0.6 is 0 Å². The van der Waals surface area contributed by atoms with E-state index in [1.807, 2.05) is 22.8 Å². The summed E-state index contributed by atoms with van der Waals surface area (Å²) in [4.78, 5) is 4.36. The predicted octanol–water partition coefficient (Wildman–Crippen LogP) is 6.34. The molecule has 0 amide bonds. The zero-order valence-electron chi connectivity index (χ0n) is 19.3. The quantitative estimate of drug-likeness (QED) is 0.307. The molecule has 1 heterocycles. The average molecular weight is 443 g/mol. The van der Waals surface area contributed by atoms with Crippen LogP contribution in [-0.2, 0) is 18.6 Å². The van der Waals surface area contributed by atoms with E-state index in [1.165, 1.54) is 28.8 Å². The number of aromatic nitrogens is 2. The van der Waals surface area contributed by atoms with Crippen molar-refractivity contribution >= 4 is 0 Å². The molecule has 1 atom stereocenters. The molecule has 1 N–H and O–H groups in total. The molecule has 1 aromatic heterocycles. The fourth-order valence-electron chi connectivity index (χ4n) is 4.64. The summed E-state index contributed by atoms with van der Waals surface area (Å²) in [6.45, 7) is 4.92. The maximum absolute atomic E-state index is 13.7. The Balaban J connectivity index is 1.58. The average Bonchev–Trinajstić information content (AvgIpc) is 3.28. The molecule has 4 rings (SSSR count). The number of hydrogen-bond donors (Lipinski definition) is 1. The van der Waals surface area contributed by atoms with Crippen LogP contribution in [0.25, 0.3) is 0 Å². The summed E-state index contributed by atoms with van der Waals surface area (Å²) in [7, 11) is 0. The summed E-state index contributed by atoms with van der Waals surface area (Å²) in [5, 5.41) is 12.0. The Morgan fingerprint density at radius 3 is 2.27 bits per heavy atom. The Hall–Kier alpha value is -3.24. The van der Waals surface area contributed by atoms with Crippen molar-refractivity contribution in [1.29, 1.82) is 0 Å². The molecule has 0 saturated carbocycles. The van der Waals surface area contributed by atoms with Gasteiger partial charge in [-0.3, -0.25) is 0 Å². The highest BCUT2D eigenvalue weighted by atomic mass is 19.1. The van der Waals surface area contributed by atoms with Crippen LogP contribution in [0.3, 0.4) is 0 Å². The number of unbranched alkanes of at least 4 members (excludes halogenated alkanes) is 1. The highest BCUT2D eigenvalue weighted by molar-refractivity contribution is 5.34. The molecule has 0 saturated heterocycles. The van der Waals surface area contributed by atoms with E-state index in [0.29, 0.717) is 18.5 Å². The smallest absolute Gasteiger partial charge is 0.131 e. The molecule has 3 nitrogen and oxygen atoms in total. The maximum atomic E-state index is 13.7. The Morgan fingerprint density at radius 2 is 1.58 bits per heavy atom. The van der Waals surface area contributed by atoms with Crippen molar-refractivity contribution < 1.29 is 9.50 Å². The first kappa shape index (κ1) is 22.9. The SMILES string of the molecule is Cc1cccc(C)c1CCCCC(O)(c1ccc(F)cc1)c1cncn1Cc1ccccc1. The van der Waals surface area contributed by atoms with Crippen molar-refractivity contribution in [3.05, 3.63) is 125 Å². The van der Waals surface area contributed by atoms with E-state index >= 15 is 0 Å². The molecule has 4 aromatic rings. The van der Waals surface area contributed by atoms with E-state index in [0.717, 1.165) is 30.5 Å². The monoisotopic (exact) mass is 442 g/mol. The van der Waals surface area contributed by atoms with Gasteiger partial charge >= 0.3 is 0 Å². The summed E-state index contributed by atoms with van der Waals surface area (Å²) < 4.78 is 15.6. The van der Waals surface area contributed by atoms with Crippen molar-refractivity contribution in [1.82, 2.24) is 9.55 Å². The summed E-state index contributed by atoms with van der Waals surface area (Å²) in [5.41, 5.74) is 5.30. The number of rotatable bonds is 9. The van der Waals surface area contributed by atoms with Crippen molar-refractivity contribution in [2.45, 2.75) is 51.7 Å². The third-order valence-corrected chi connectivity index (χ3v) is 6.51. The van der Waals surface area contributed by atoms with Crippen LogP contribution in [0.15, 0.2) is 85.3 Å². The zero-order valence-corrected chi connectivity index (χ0v) is 19.3. The highest BCUT2D eigenvalue weighted by Gasteiger charge is 2.34. The van der Waals surface area contributed by atoms with Crippen LogP contribution in [0.4, 0.5) is 4.39 Å². The fraction of sp³-hybridized carbons (Fsp3) is 0.276. The second-order valence-electron chi connectivity index (χ2n) is 8.84. The normalized spacial score (nSPS) is 13.1.